The SMILES string of the molecule is Fc1ccc(OCCc2cc([C@H]3CNCCO3)n[nH]2)cc1F. The van der Waals surface area contributed by atoms with Gasteiger partial charge in [-0.05, 0) is 18.2 Å². The minimum Gasteiger partial charge on any atom is -0.493 e. The van der Waals surface area contributed by atoms with Crippen LogP contribution in [-0.4, -0.2) is 36.5 Å². The molecule has 0 bridgehead atoms. The Labute approximate surface area is 126 Å². The van der Waals surface area contributed by atoms with Crippen LogP contribution in [0.5, 0.6) is 5.75 Å². The van der Waals surface area contributed by atoms with E-state index < -0.39 is 11.6 Å². The number of H-pyrrole nitrogens is 1. The minimum absolute atomic E-state index is 0.0362. The monoisotopic (exact) mass is 309 g/mol. The van der Waals surface area contributed by atoms with Gasteiger partial charge in [0.2, 0.25) is 0 Å². The van der Waals surface area contributed by atoms with Crippen LogP contribution in [0.3, 0.4) is 0 Å². The summed E-state index contributed by atoms with van der Waals surface area (Å²) in [5, 5.41) is 10.4. The number of nitrogens with zero attached hydrogens (tertiary/aromatic N) is 1. The van der Waals surface area contributed by atoms with E-state index in [1.54, 1.807) is 0 Å². The molecule has 0 aliphatic carbocycles. The summed E-state index contributed by atoms with van der Waals surface area (Å²) in [6.45, 7) is 2.62. The van der Waals surface area contributed by atoms with Gasteiger partial charge in [-0.15, -0.1) is 0 Å². The lowest BCUT2D eigenvalue weighted by Gasteiger charge is -2.21. The molecule has 2 heterocycles. The predicted molar refractivity (Wildman–Crippen MR) is 75.7 cm³/mol. The normalized spacial score (nSPS) is 18.4. The molecule has 7 heteroatoms. The summed E-state index contributed by atoms with van der Waals surface area (Å²) < 4.78 is 36.9. The van der Waals surface area contributed by atoms with Crippen molar-refractivity contribution in [3.8, 4) is 5.75 Å². The van der Waals surface area contributed by atoms with Crippen molar-refractivity contribution in [2.24, 2.45) is 0 Å². The molecule has 0 unspecified atom stereocenters. The molecule has 5 nitrogen and oxygen atoms in total. The molecule has 0 saturated carbocycles. The molecule has 1 atom stereocenters. The molecule has 2 aromatic rings. The number of halogens is 2. The molecule has 3 rings (SSSR count). The lowest BCUT2D eigenvalue weighted by atomic mass is 10.2. The van der Waals surface area contributed by atoms with Crippen molar-refractivity contribution in [2.75, 3.05) is 26.3 Å². The summed E-state index contributed by atoms with van der Waals surface area (Å²) in [5.41, 5.74) is 1.77. The largest absolute Gasteiger partial charge is 0.493 e. The summed E-state index contributed by atoms with van der Waals surface area (Å²) in [6, 6.07) is 5.42. The second-order valence-corrected chi connectivity index (χ2v) is 5.06. The number of ether oxygens (including phenoxy) is 2. The van der Waals surface area contributed by atoms with E-state index in [0.717, 1.165) is 36.6 Å². The van der Waals surface area contributed by atoms with Crippen molar-refractivity contribution in [1.82, 2.24) is 15.5 Å². The summed E-state index contributed by atoms with van der Waals surface area (Å²) in [5.74, 6) is -1.49. The van der Waals surface area contributed by atoms with Crippen LogP contribution in [0.4, 0.5) is 8.78 Å². The number of hydrogen-bond acceptors (Lipinski definition) is 4. The average Bonchev–Trinajstić information content (AvgIpc) is 3.01. The van der Waals surface area contributed by atoms with Crippen LogP contribution in [0.2, 0.25) is 0 Å². The van der Waals surface area contributed by atoms with E-state index in [1.807, 2.05) is 6.07 Å². The highest BCUT2D eigenvalue weighted by atomic mass is 19.2. The van der Waals surface area contributed by atoms with Gasteiger partial charge in [-0.1, -0.05) is 0 Å². The number of benzene rings is 1. The summed E-state index contributed by atoms with van der Waals surface area (Å²) in [7, 11) is 0. The van der Waals surface area contributed by atoms with Crippen LogP contribution in [0.15, 0.2) is 24.3 Å². The molecule has 1 aromatic carbocycles. The van der Waals surface area contributed by atoms with Crippen molar-refractivity contribution in [1.29, 1.82) is 0 Å². The Balaban J connectivity index is 1.51. The van der Waals surface area contributed by atoms with E-state index in [2.05, 4.69) is 15.5 Å². The van der Waals surface area contributed by atoms with Crippen LogP contribution in [0.25, 0.3) is 0 Å². The summed E-state index contributed by atoms with van der Waals surface area (Å²) in [6.07, 6.45) is 0.553. The molecule has 1 saturated heterocycles. The zero-order valence-electron chi connectivity index (χ0n) is 11.9. The zero-order chi connectivity index (χ0) is 15.4. The number of morpholine rings is 1. The van der Waals surface area contributed by atoms with Gasteiger partial charge >= 0.3 is 0 Å². The quantitative estimate of drug-likeness (QED) is 0.886. The fourth-order valence-electron chi connectivity index (χ4n) is 2.27. The van der Waals surface area contributed by atoms with Gasteiger partial charge in [0.1, 0.15) is 11.9 Å². The second-order valence-electron chi connectivity index (χ2n) is 5.06. The molecule has 1 aliphatic rings. The second kappa shape index (κ2) is 6.85. The Kier molecular flexibility index (Phi) is 4.65. The lowest BCUT2D eigenvalue weighted by molar-refractivity contribution is 0.0250. The Morgan fingerprint density at radius 2 is 2.18 bits per heavy atom. The maximum absolute atomic E-state index is 13.0. The minimum atomic E-state index is -0.914. The third kappa shape index (κ3) is 3.61. The van der Waals surface area contributed by atoms with E-state index in [-0.39, 0.29) is 6.10 Å². The van der Waals surface area contributed by atoms with Crippen molar-refractivity contribution >= 4 is 0 Å². The number of aromatic amines is 1. The molecule has 1 aliphatic heterocycles. The number of hydrogen-bond donors (Lipinski definition) is 2. The molecule has 22 heavy (non-hydrogen) atoms. The molecule has 0 radical (unpaired) electrons. The zero-order valence-corrected chi connectivity index (χ0v) is 11.9. The third-order valence-electron chi connectivity index (χ3n) is 3.44. The van der Waals surface area contributed by atoms with Gasteiger partial charge < -0.3 is 14.8 Å². The Morgan fingerprint density at radius 1 is 1.27 bits per heavy atom. The van der Waals surface area contributed by atoms with Crippen molar-refractivity contribution in [3.05, 3.63) is 47.3 Å². The van der Waals surface area contributed by atoms with E-state index in [1.165, 1.54) is 6.07 Å². The maximum atomic E-state index is 13.0. The van der Waals surface area contributed by atoms with Gasteiger partial charge in [0.25, 0.3) is 0 Å². The van der Waals surface area contributed by atoms with E-state index in [0.29, 0.717) is 25.4 Å². The van der Waals surface area contributed by atoms with Crippen LogP contribution in [0, 0.1) is 11.6 Å². The van der Waals surface area contributed by atoms with Crippen LogP contribution in [0.1, 0.15) is 17.5 Å². The van der Waals surface area contributed by atoms with Gasteiger partial charge in [-0.25, -0.2) is 8.78 Å². The Morgan fingerprint density at radius 3 is 2.95 bits per heavy atom. The van der Waals surface area contributed by atoms with Crippen LogP contribution in [-0.2, 0) is 11.2 Å². The van der Waals surface area contributed by atoms with Crippen LogP contribution >= 0.6 is 0 Å². The van der Waals surface area contributed by atoms with Crippen molar-refractivity contribution in [3.63, 3.8) is 0 Å². The number of aromatic nitrogens is 2. The van der Waals surface area contributed by atoms with Crippen LogP contribution < -0.4 is 10.1 Å². The lowest BCUT2D eigenvalue weighted by Crippen LogP contribution is -2.33. The van der Waals surface area contributed by atoms with Crippen molar-refractivity contribution in [2.45, 2.75) is 12.5 Å². The molecule has 2 N–H and O–H groups in total. The van der Waals surface area contributed by atoms with Gasteiger partial charge in [-0.3, -0.25) is 5.10 Å². The first-order valence-electron chi connectivity index (χ1n) is 7.17. The molecule has 118 valence electrons. The fraction of sp³-hybridized carbons (Fsp3) is 0.400. The molecular formula is C15H17F2N3O2. The van der Waals surface area contributed by atoms with Crippen molar-refractivity contribution < 1.29 is 18.3 Å². The van der Waals surface area contributed by atoms with E-state index >= 15 is 0 Å². The van der Waals surface area contributed by atoms with E-state index in [9.17, 15) is 8.78 Å². The first kappa shape index (κ1) is 14.9. The summed E-state index contributed by atoms with van der Waals surface area (Å²) in [4.78, 5) is 0. The Bertz CT molecular complexity index is 627. The van der Waals surface area contributed by atoms with Gasteiger partial charge in [0.05, 0.1) is 18.9 Å². The summed E-state index contributed by atoms with van der Waals surface area (Å²) >= 11 is 0. The predicted octanol–water partition coefficient (Wildman–Crippen LogP) is 1.97. The highest BCUT2D eigenvalue weighted by molar-refractivity contribution is 5.23. The Hall–Kier alpha value is -1.99. The first-order chi connectivity index (χ1) is 10.7. The molecule has 0 amide bonds. The highest BCUT2D eigenvalue weighted by Crippen LogP contribution is 2.18. The third-order valence-corrected chi connectivity index (χ3v) is 3.44. The average molecular weight is 309 g/mol. The molecule has 0 spiro atoms. The van der Waals surface area contributed by atoms with E-state index in [4.69, 9.17) is 9.47 Å². The molecule has 1 aromatic heterocycles. The standard InChI is InChI=1S/C15H17F2N3O2/c16-12-2-1-11(8-13(12)17)21-5-3-10-7-14(20-19-10)15-9-18-4-6-22-15/h1-2,7-8,15,18H,3-6,9H2,(H,19,20)/t15-/m1/s1. The smallest absolute Gasteiger partial charge is 0.162 e. The molecule has 1 fully saturated rings. The molecular weight excluding hydrogens is 292 g/mol. The first-order valence-corrected chi connectivity index (χ1v) is 7.17. The number of rotatable bonds is 5. The number of nitrogens with one attached hydrogen (secondary N) is 2. The van der Waals surface area contributed by atoms with Gasteiger partial charge in [0, 0.05) is 31.3 Å². The maximum Gasteiger partial charge on any atom is 0.162 e. The van der Waals surface area contributed by atoms with Gasteiger partial charge in [0.15, 0.2) is 11.6 Å². The topological polar surface area (TPSA) is 59.2 Å². The van der Waals surface area contributed by atoms with Gasteiger partial charge in [-0.2, -0.15) is 5.10 Å². The fourth-order valence-corrected chi connectivity index (χ4v) is 2.27. The highest BCUT2D eigenvalue weighted by Gasteiger charge is 2.18.